The maximum absolute atomic E-state index is 15.4. The van der Waals surface area contributed by atoms with Crippen LogP contribution in [0.3, 0.4) is 0 Å². The molecule has 3 aliphatic rings. The monoisotopic (exact) mass is 425 g/mol. The van der Waals surface area contributed by atoms with Gasteiger partial charge < -0.3 is 5.32 Å². The van der Waals surface area contributed by atoms with Crippen LogP contribution in [-0.2, 0) is 5.67 Å². The van der Waals surface area contributed by atoms with E-state index in [1.165, 1.54) is 16.9 Å². The number of benzene rings is 1. The van der Waals surface area contributed by atoms with Crippen LogP contribution in [0.4, 0.5) is 4.39 Å². The Balaban J connectivity index is 1.44. The standard InChI is InChI=1S/C23H24FN3S2/c24-23(11-13-25-14-12-23)22-26-15-18(28-22)21-27-19(16-7-3-1-4-8-16)20(29-21)17-9-5-2-6-10-17/h1-9,15,17,19-20,25H,10-14H2. The first kappa shape index (κ1) is 19.2. The fourth-order valence-corrected chi connectivity index (χ4v) is 6.78. The highest BCUT2D eigenvalue weighted by Crippen LogP contribution is 2.47. The normalized spacial score (nSPS) is 28.4. The molecule has 5 rings (SSSR count). The third-order valence-electron chi connectivity index (χ3n) is 5.89. The Morgan fingerprint density at radius 2 is 1.93 bits per heavy atom. The number of hydrogen-bond donors (Lipinski definition) is 1. The quantitative estimate of drug-likeness (QED) is 0.710. The van der Waals surface area contributed by atoms with Crippen molar-refractivity contribution < 1.29 is 4.39 Å². The van der Waals surface area contributed by atoms with Gasteiger partial charge in [-0.1, -0.05) is 66.4 Å². The van der Waals surface area contributed by atoms with Gasteiger partial charge in [0.2, 0.25) is 0 Å². The Hall–Kier alpha value is -1.76. The topological polar surface area (TPSA) is 37.3 Å². The van der Waals surface area contributed by atoms with E-state index in [2.05, 4.69) is 58.9 Å². The number of alkyl halides is 1. The van der Waals surface area contributed by atoms with Crippen molar-refractivity contribution in [1.29, 1.82) is 0 Å². The van der Waals surface area contributed by atoms with Crippen molar-refractivity contribution in [2.75, 3.05) is 13.1 Å². The van der Waals surface area contributed by atoms with Gasteiger partial charge in [0, 0.05) is 24.3 Å². The summed E-state index contributed by atoms with van der Waals surface area (Å²) in [6, 6.07) is 10.6. The molecule has 0 radical (unpaired) electrons. The molecule has 6 heteroatoms. The summed E-state index contributed by atoms with van der Waals surface area (Å²) in [6.07, 6.45) is 12.6. The number of nitrogens with one attached hydrogen (secondary N) is 1. The van der Waals surface area contributed by atoms with Crippen LogP contribution in [-0.4, -0.2) is 28.4 Å². The highest BCUT2D eigenvalue weighted by Gasteiger charge is 2.39. The van der Waals surface area contributed by atoms with Gasteiger partial charge in [0.05, 0.1) is 10.9 Å². The summed E-state index contributed by atoms with van der Waals surface area (Å²) in [5.41, 5.74) is -0.0550. The summed E-state index contributed by atoms with van der Waals surface area (Å²) in [6.45, 7) is 1.42. The van der Waals surface area contributed by atoms with Crippen LogP contribution in [0.1, 0.15) is 40.8 Å². The highest BCUT2D eigenvalue weighted by molar-refractivity contribution is 8.15. The molecule has 1 saturated heterocycles. The molecule has 1 aromatic carbocycles. The summed E-state index contributed by atoms with van der Waals surface area (Å²) >= 11 is 3.32. The van der Waals surface area contributed by atoms with Crippen LogP contribution in [0, 0.1) is 5.92 Å². The Labute approximate surface area is 179 Å². The summed E-state index contributed by atoms with van der Waals surface area (Å²) < 4.78 is 15.4. The summed E-state index contributed by atoms with van der Waals surface area (Å²) in [4.78, 5) is 10.6. The first-order chi connectivity index (χ1) is 14.2. The fraction of sp³-hybridized carbons (Fsp3) is 0.391. The van der Waals surface area contributed by atoms with Gasteiger partial charge in [0.25, 0.3) is 0 Å². The van der Waals surface area contributed by atoms with E-state index in [9.17, 15) is 0 Å². The number of thiazole rings is 1. The molecule has 1 fully saturated rings. The number of aromatic nitrogens is 1. The zero-order chi connectivity index (χ0) is 19.7. The molecule has 3 unspecified atom stereocenters. The van der Waals surface area contributed by atoms with Gasteiger partial charge >= 0.3 is 0 Å². The van der Waals surface area contributed by atoms with E-state index in [1.54, 1.807) is 0 Å². The average Bonchev–Trinajstić information content (AvgIpc) is 3.44. The molecule has 3 nitrogen and oxygen atoms in total. The molecule has 0 spiro atoms. The lowest BCUT2D eigenvalue weighted by Crippen LogP contribution is -2.36. The van der Waals surface area contributed by atoms with E-state index in [4.69, 9.17) is 4.99 Å². The summed E-state index contributed by atoms with van der Waals surface area (Å²) in [5, 5.41) is 5.20. The van der Waals surface area contributed by atoms with Gasteiger partial charge in [0.1, 0.15) is 10.1 Å². The maximum Gasteiger partial charge on any atom is 0.164 e. The Morgan fingerprint density at radius 1 is 1.10 bits per heavy atom. The minimum absolute atomic E-state index is 0.112. The molecule has 2 aromatic rings. The van der Waals surface area contributed by atoms with E-state index < -0.39 is 5.67 Å². The lowest BCUT2D eigenvalue weighted by Gasteiger charge is -2.27. The molecule has 1 aliphatic carbocycles. The first-order valence-corrected chi connectivity index (χ1v) is 11.9. The minimum Gasteiger partial charge on any atom is -0.316 e. The largest absolute Gasteiger partial charge is 0.316 e. The van der Waals surface area contributed by atoms with E-state index in [-0.39, 0.29) is 6.04 Å². The van der Waals surface area contributed by atoms with Crippen molar-refractivity contribution in [3.8, 4) is 0 Å². The summed E-state index contributed by atoms with van der Waals surface area (Å²) in [5.74, 6) is 0.445. The lowest BCUT2D eigenvalue weighted by molar-refractivity contribution is 0.115. The molecule has 0 amide bonds. The number of rotatable bonds is 4. The van der Waals surface area contributed by atoms with Gasteiger partial charge in [-0.2, -0.15) is 0 Å². The summed E-state index contributed by atoms with van der Waals surface area (Å²) in [7, 11) is 0. The van der Waals surface area contributed by atoms with Crippen LogP contribution < -0.4 is 5.32 Å². The molecular weight excluding hydrogens is 401 g/mol. The van der Waals surface area contributed by atoms with Crippen LogP contribution >= 0.6 is 23.1 Å². The third-order valence-corrected chi connectivity index (χ3v) is 8.63. The van der Waals surface area contributed by atoms with Gasteiger partial charge in [-0.05, 0) is 31.0 Å². The molecule has 29 heavy (non-hydrogen) atoms. The molecule has 2 aliphatic heterocycles. The number of allylic oxidation sites excluding steroid dienone is 4. The van der Waals surface area contributed by atoms with Gasteiger partial charge in [-0.3, -0.25) is 4.99 Å². The maximum atomic E-state index is 15.4. The van der Waals surface area contributed by atoms with Crippen molar-refractivity contribution in [2.45, 2.75) is 36.2 Å². The van der Waals surface area contributed by atoms with Crippen molar-refractivity contribution in [3.05, 3.63) is 76.3 Å². The molecule has 0 bridgehead atoms. The second-order valence-electron chi connectivity index (χ2n) is 7.83. The van der Waals surface area contributed by atoms with Crippen molar-refractivity contribution in [1.82, 2.24) is 10.3 Å². The van der Waals surface area contributed by atoms with Crippen LogP contribution in [0.25, 0.3) is 0 Å². The zero-order valence-electron chi connectivity index (χ0n) is 16.1. The second kappa shape index (κ2) is 8.17. The van der Waals surface area contributed by atoms with E-state index >= 15 is 4.39 Å². The number of nitrogens with zero attached hydrogens (tertiary/aromatic N) is 2. The van der Waals surface area contributed by atoms with Gasteiger partial charge in [-0.25, -0.2) is 9.37 Å². The fourth-order valence-electron chi connectivity index (χ4n) is 4.24. The van der Waals surface area contributed by atoms with Crippen LogP contribution in [0.2, 0.25) is 0 Å². The number of hydrogen-bond acceptors (Lipinski definition) is 5. The number of halogens is 1. The first-order valence-electron chi connectivity index (χ1n) is 10.2. The van der Waals surface area contributed by atoms with Crippen LogP contribution in [0.5, 0.6) is 0 Å². The molecule has 150 valence electrons. The predicted octanol–water partition coefficient (Wildman–Crippen LogP) is 5.43. The van der Waals surface area contributed by atoms with E-state index in [0.717, 1.165) is 16.3 Å². The van der Waals surface area contributed by atoms with Gasteiger partial charge in [-0.15, -0.1) is 11.3 Å². The van der Waals surface area contributed by atoms with E-state index in [0.29, 0.717) is 42.1 Å². The number of piperidine rings is 1. The molecule has 1 N–H and O–H groups in total. The average molecular weight is 426 g/mol. The third kappa shape index (κ3) is 3.86. The minimum atomic E-state index is -1.30. The second-order valence-corrected chi connectivity index (χ2v) is 10.0. The Bertz CT molecular complexity index is 944. The number of thioether (sulfide) groups is 1. The van der Waals surface area contributed by atoms with Crippen molar-refractivity contribution in [2.24, 2.45) is 10.9 Å². The zero-order valence-corrected chi connectivity index (χ0v) is 17.8. The van der Waals surface area contributed by atoms with Gasteiger partial charge in [0.15, 0.2) is 5.67 Å². The SMILES string of the molecule is FC1(c2ncc(C3=NC(c4ccccc4)C(C4C=CC=CC4)S3)s2)CCNCC1. The predicted molar refractivity (Wildman–Crippen MR) is 120 cm³/mol. The lowest BCUT2D eigenvalue weighted by atomic mass is 9.90. The van der Waals surface area contributed by atoms with Crippen molar-refractivity contribution in [3.63, 3.8) is 0 Å². The van der Waals surface area contributed by atoms with Crippen molar-refractivity contribution >= 4 is 28.1 Å². The smallest absolute Gasteiger partial charge is 0.164 e. The molecule has 3 atom stereocenters. The molecule has 3 heterocycles. The Kier molecular flexibility index (Phi) is 5.41. The van der Waals surface area contributed by atoms with E-state index in [1.807, 2.05) is 24.0 Å². The molecule has 1 aromatic heterocycles. The Morgan fingerprint density at radius 3 is 2.69 bits per heavy atom. The highest BCUT2D eigenvalue weighted by atomic mass is 32.2. The van der Waals surface area contributed by atoms with Crippen LogP contribution in [0.15, 0.2) is 65.8 Å². The molecule has 0 saturated carbocycles. The molecular formula is C23H24FN3S2. The number of aliphatic imine (C=N–C) groups is 1.